The Hall–Kier alpha value is -3.42. The molecule has 0 aliphatic carbocycles. The standard InChI is InChI=1S/C23H25FN4O3/c1-27-11-3-2-4-20(22(27)30)26-21(29)15-6-9-19(10-7-15)25-23(31)28-13-16-5-8-18(24)12-17(16)14-28/h5-10,12,20H,2-4,11,13-14H2,1H3,(H,25,31)(H,26,29)/t20-/m0/s1. The maximum Gasteiger partial charge on any atom is 0.322 e. The molecule has 4 rings (SSSR count). The summed E-state index contributed by atoms with van der Waals surface area (Å²) in [6.07, 6.45) is 2.45. The molecule has 0 unspecified atom stereocenters. The maximum absolute atomic E-state index is 13.4. The predicted octanol–water partition coefficient (Wildman–Crippen LogP) is 3.11. The van der Waals surface area contributed by atoms with Gasteiger partial charge in [0, 0.05) is 37.9 Å². The van der Waals surface area contributed by atoms with E-state index in [1.807, 2.05) is 0 Å². The first-order valence-electron chi connectivity index (χ1n) is 10.4. The van der Waals surface area contributed by atoms with Crippen LogP contribution in [0.25, 0.3) is 0 Å². The molecule has 2 heterocycles. The number of hydrogen-bond donors (Lipinski definition) is 2. The van der Waals surface area contributed by atoms with Crippen LogP contribution in [0.15, 0.2) is 42.5 Å². The van der Waals surface area contributed by atoms with Crippen LogP contribution in [0, 0.1) is 5.82 Å². The van der Waals surface area contributed by atoms with Gasteiger partial charge in [-0.3, -0.25) is 9.59 Å². The predicted molar refractivity (Wildman–Crippen MR) is 114 cm³/mol. The number of benzene rings is 2. The van der Waals surface area contributed by atoms with E-state index in [9.17, 15) is 18.8 Å². The maximum atomic E-state index is 13.4. The number of amides is 4. The van der Waals surface area contributed by atoms with Crippen LogP contribution >= 0.6 is 0 Å². The summed E-state index contributed by atoms with van der Waals surface area (Å²) in [6.45, 7) is 1.48. The minimum atomic E-state index is -0.513. The largest absolute Gasteiger partial charge is 0.344 e. The van der Waals surface area contributed by atoms with Crippen LogP contribution in [-0.4, -0.2) is 47.3 Å². The van der Waals surface area contributed by atoms with Gasteiger partial charge in [0.25, 0.3) is 5.91 Å². The third kappa shape index (κ3) is 4.68. The van der Waals surface area contributed by atoms with E-state index in [0.717, 1.165) is 24.0 Å². The quantitative estimate of drug-likeness (QED) is 0.794. The number of hydrogen-bond acceptors (Lipinski definition) is 3. The van der Waals surface area contributed by atoms with E-state index in [4.69, 9.17) is 0 Å². The molecule has 162 valence electrons. The van der Waals surface area contributed by atoms with Crippen molar-refractivity contribution in [2.75, 3.05) is 18.9 Å². The van der Waals surface area contributed by atoms with Gasteiger partial charge in [0.1, 0.15) is 11.9 Å². The number of rotatable bonds is 3. The SMILES string of the molecule is CN1CCCC[C@H](NC(=O)c2ccc(NC(=O)N3Cc4ccc(F)cc4C3)cc2)C1=O. The summed E-state index contributed by atoms with van der Waals surface area (Å²) in [7, 11) is 1.75. The van der Waals surface area contributed by atoms with E-state index >= 15 is 0 Å². The fraction of sp³-hybridized carbons (Fsp3) is 0.348. The van der Waals surface area contributed by atoms with Crippen molar-refractivity contribution in [1.82, 2.24) is 15.1 Å². The molecule has 2 aliphatic heterocycles. The highest BCUT2D eigenvalue weighted by atomic mass is 19.1. The zero-order valence-corrected chi connectivity index (χ0v) is 17.4. The van der Waals surface area contributed by atoms with Crippen LogP contribution in [-0.2, 0) is 17.9 Å². The molecule has 0 radical (unpaired) electrons. The van der Waals surface area contributed by atoms with Gasteiger partial charge in [-0.2, -0.15) is 0 Å². The smallest absolute Gasteiger partial charge is 0.322 e. The van der Waals surface area contributed by atoms with E-state index in [-0.39, 0.29) is 23.7 Å². The van der Waals surface area contributed by atoms with E-state index in [2.05, 4.69) is 10.6 Å². The van der Waals surface area contributed by atoms with Gasteiger partial charge in [-0.15, -0.1) is 0 Å². The van der Waals surface area contributed by atoms with Crippen LogP contribution in [0.1, 0.15) is 40.7 Å². The van der Waals surface area contributed by atoms with Gasteiger partial charge in [0.15, 0.2) is 0 Å². The molecule has 4 amide bonds. The summed E-state index contributed by atoms with van der Waals surface area (Å²) in [6, 6.07) is 10.3. The minimum absolute atomic E-state index is 0.0683. The molecule has 0 spiro atoms. The van der Waals surface area contributed by atoms with Crippen molar-refractivity contribution < 1.29 is 18.8 Å². The Bertz CT molecular complexity index is 1010. The monoisotopic (exact) mass is 424 g/mol. The fourth-order valence-corrected chi connectivity index (χ4v) is 3.99. The first-order valence-corrected chi connectivity index (χ1v) is 10.4. The molecule has 31 heavy (non-hydrogen) atoms. The first-order chi connectivity index (χ1) is 14.9. The summed E-state index contributed by atoms with van der Waals surface area (Å²) >= 11 is 0. The lowest BCUT2D eigenvalue weighted by atomic mass is 10.1. The zero-order chi connectivity index (χ0) is 22.0. The van der Waals surface area contributed by atoms with Crippen molar-refractivity contribution >= 4 is 23.5 Å². The molecular formula is C23H25FN4O3. The second kappa shape index (κ2) is 8.75. The Morgan fingerprint density at radius 1 is 1.03 bits per heavy atom. The molecule has 2 aliphatic rings. The van der Waals surface area contributed by atoms with Crippen molar-refractivity contribution in [2.24, 2.45) is 0 Å². The van der Waals surface area contributed by atoms with Gasteiger partial charge in [-0.25, -0.2) is 9.18 Å². The average molecular weight is 424 g/mol. The van der Waals surface area contributed by atoms with Crippen molar-refractivity contribution in [3.8, 4) is 0 Å². The number of halogens is 1. The number of urea groups is 1. The van der Waals surface area contributed by atoms with E-state index in [1.165, 1.54) is 12.1 Å². The summed E-state index contributed by atoms with van der Waals surface area (Å²) in [5, 5.41) is 5.62. The van der Waals surface area contributed by atoms with E-state index in [0.29, 0.717) is 37.3 Å². The zero-order valence-electron chi connectivity index (χ0n) is 17.4. The Balaban J connectivity index is 1.34. The lowest BCUT2D eigenvalue weighted by Crippen LogP contribution is -2.46. The van der Waals surface area contributed by atoms with Crippen LogP contribution in [0.2, 0.25) is 0 Å². The lowest BCUT2D eigenvalue weighted by molar-refractivity contribution is -0.131. The van der Waals surface area contributed by atoms with Crippen molar-refractivity contribution in [2.45, 2.75) is 38.4 Å². The van der Waals surface area contributed by atoms with Crippen LogP contribution < -0.4 is 10.6 Å². The number of carbonyl (C=O) groups is 3. The molecule has 0 bridgehead atoms. The summed E-state index contributed by atoms with van der Waals surface area (Å²) in [5.74, 6) is -0.697. The summed E-state index contributed by atoms with van der Waals surface area (Å²) in [5.41, 5.74) is 2.71. The molecule has 7 nitrogen and oxygen atoms in total. The fourth-order valence-electron chi connectivity index (χ4n) is 3.99. The minimum Gasteiger partial charge on any atom is -0.344 e. The van der Waals surface area contributed by atoms with Gasteiger partial charge in [0.05, 0.1) is 0 Å². The second-order valence-electron chi connectivity index (χ2n) is 8.06. The normalized spacial score (nSPS) is 18.4. The van der Waals surface area contributed by atoms with Gasteiger partial charge in [0.2, 0.25) is 5.91 Å². The van der Waals surface area contributed by atoms with Crippen LogP contribution in [0.3, 0.4) is 0 Å². The highest BCUT2D eigenvalue weighted by molar-refractivity contribution is 5.98. The van der Waals surface area contributed by atoms with Crippen molar-refractivity contribution in [1.29, 1.82) is 0 Å². The number of fused-ring (bicyclic) bond motifs is 1. The Morgan fingerprint density at radius 2 is 1.77 bits per heavy atom. The number of likely N-dealkylation sites (N-methyl/N-ethyl adjacent to an activating group) is 1. The second-order valence-corrected chi connectivity index (χ2v) is 8.06. The number of nitrogens with one attached hydrogen (secondary N) is 2. The molecule has 1 atom stereocenters. The molecule has 2 aromatic rings. The molecule has 2 N–H and O–H groups in total. The summed E-state index contributed by atoms with van der Waals surface area (Å²) in [4.78, 5) is 40.7. The first kappa shape index (κ1) is 20.8. The van der Waals surface area contributed by atoms with Crippen molar-refractivity contribution in [3.05, 3.63) is 65.0 Å². The molecule has 2 aromatic carbocycles. The number of anilines is 1. The van der Waals surface area contributed by atoms with Crippen molar-refractivity contribution in [3.63, 3.8) is 0 Å². The number of carbonyl (C=O) groups excluding carboxylic acids is 3. The van der Waals surface area contributed by atoms with Gasteiger partial charge in [-0.1, -0.05) is 6.07 Å². The number of likely N-dealkylation sites (tertiary alicyclic amines) is 1. The molecular weight excluding hydrogens is 399 g/mol. The van der Waals surface area contributed by atoms with Gasteiger partial charge in [-0.05, 0) is 66.8 Å². The number of nitrogens with zero attached hydrogens (tertiary/aromatic N) is 2. The van der Waals surface area contributed by atoms with E-state index < -0.39 is 6.04 Å². The van der Waals surface area contributed by atoms with E-state index in [1.54, 1.807) is 47.2 Å². The highest BCUT2D eigenvalue weighted by Gasteiger charge is 2.27. The molecule has 0 saturated carbocycles. The average Bonchev–Trinajstić information content (AvgIpc) is 3.12. The lowest BCUT2D eigenvalue weighted by Gasteiger charge is -2.21. The Labute approximate surface area is 180 Å². The highest BCUT2D eigenvalue weighted by Crippen LogP contribution is 2.24. The van der Waals surface area contributed by atoms with Crippen LogP contribution in [0.4, 0.5) is 14.9 Å². The Morgan fingerprint density at radius 3 is 2.55 bits per heavy atom. The van der Waals surface area contributed by atoms with Gasteiger partial charge < -0.3 is 20.4 Å². The topological polar surface area (TPSA) is 81.8 Å². The van der Waals surface area contributed by atoms with Gasteiger partial charge >= 0.3 is 6.03 Å². The molecule has 1 fully saturated rings. The third-order valence-corrected chi connectivity index (χ3v) is 5.79. The Kier molecular flexibility index (Phi) is 5.88. The molecule has 0 aromatic heterocycles. The third-order valence-electron chi connectivity index (χ3n) is 5.79. The van der Waals surface area contributed by atoms with Crippen LogP contribution in [0.5, 0.6) is 0 Å². The molecule has 1 saturated heterocycles. The molecule has 8 heteroatoms. The summed E-state index contributed by atoms with van der Waals surface area (Å²) < 4.78 is 13.4.